The molecule has 3 aromatic rings. The molecule has 0 fully saturated rings. The SMILES string of the molecule is N#Cc1ccccc1Nc1cnnc(NCc2ccc(Cl)cc2)n1. The number of hydrogen-bond donors (Lipinski definition) is 2. The molecule has 118 valence electrons. The maximum absolute atomic E-state index is 9.12. The molecule has 0 spiro atoms. The van der Waals surface area contributed by atoms with Crippen LogP contribution < -0.4 is 10.6 Å². The maximum atomic E-state index is 9.12. The van der Waals surface area contributed by atoms with E-state index in [9.17, 15) is 0 Å². The molecular weight excluding hydrogens is 324 g/mol. The first kappa shape index (κ1) is 15.7. The zero-order chi connectivity index (χ0) is 16.8. The van der Waals surface area contributed by atoms with Gasteiger partial charge in [-0.2, -0.15) is 15.3 Å². The number of hydrogen-bond acceptors (Lipinski definition) is 6. The quantitative estimate of drug-likeness (QED) is 0.737. The van der Waals surface area contributed by atoms with E-state index >= 15 is 0 Å². The van der Waals surface area contributed by atoms with Gasteiger partial charge in [-0.15, -0.1) is 5.10 Å². The van der Waals surface area contributed by atoms with Crippen molar-refractivity contribution in [2.75, 3.05) is 10.6 Å². The Bertz CT molecular complexity index is 873. The fraction of sp³-hybridized carbons (Fsp3) is 0.0588. The van der Waals surface area contributed by atoms with Crippen LogP contribution in [0.5, 0.6) is 0 Å². The van der Waals surface area contributed by atoms with Crippen molar-refractivity contribution in [2.45, 2.75) is 6.54 Å². The van der Waals surface area contributed by atoms with Crippen LogP contribution in [0.3, 0.4) is 0 Å². The van der Waals surface area contributed by atoms with Gasteiger partial charge >= 0.3 is 0 Å². The van der Waals surface area contributed by atoms with Gasteiger partial charge in [0.25, 0.3) is 0 Å². The molecule has 0 bridgehead atoms. The lowest BCUT2D eigenvalue weighted by atomic mass is 10.2. The summed E-state index contributed by atoms with van der Waals surface area (Å²) in [5.41, 5.74) is 2.26. The molecule has 0 aliphatic heterocycles. The van der Waals surface area contributed by atoms with Crippen LogP contribution in [0, 0.1) is 11.3 Å². The third-order valence-electron chi connectivity index (χ3n) is 3.23. The summed E-state index contributed by atoms with van der Waals surface area (Å²) in [6, 6.07) is 16.8. The Morgan fingerprint density at radius 2 is 1.88 bits per heavy atom. The minimum Gasteiger partial charge on any atom is -0.349 e. The zero-order valence-electron chi connectivity index (χ0n) is 12.6. The standard InChI is InChI=1S/C17H13ClN6/c18-14-7-5-12(6-8-14)10-20-17-23-16(11-21-24-17)22-15-4-2-1-3-13(15)9-19/h1-8,11H,10H2,(H2,20,22,23,24). The van der Waals surface area contributed by atoms with E-state index in [0.29, 0.717) is 34.6 Å². The van der Waals surface area contributed by atoms with Gasteiger partial charge in [0, 0.05) is 11.6 Å². The smallest absolute Gasteiger partial charge is 0.244 e. The highest BCUT2D eigenvalue weighted by molar-refractivity contribution is 6.30. The second kappa shape index (κ2) is 7.40. The van der Waals surface area contributed by atoms with Crippen LogP contribution in [0.4, 0.5) is 17.5 Å². The van der Waals surface area contributed by atoms with Crippen molar-refractivity contribution in [2.24, 2.45) is 0 Å². The van der Waals surface area contributed by atoms with E-state index in [2.05, 4.69) is 31.9 Å². The first-order valence-electron chi connectivity index (χ1n) is 7.19. The number of benzene rings is 2. The second-order valence-corrected chi connectivity index (χ2v) is 5.36. The maximum Gasteiger partial charge on any atom is 0.244 e. The van der Waals surface area contributed by atoms with Crippen molar-refractivity contribution in [1.29, 1.82) is 5.26 Å². The summed E-state index contributed by atoms with van der Waals surface area (Å²) in [4.78, 5) is 4.34. The molecule has 0 unspecified atom stereocenters. The van der Waals surface area contributed by atoms with E-state index in [1.165, 1.54) is 6.20 Å². The Kier molecular flexibility index (Phi) is 4.84. The molecule has 0 saturated heterocycles. The Morgan fingerprint density at radius 1 is 1.08 bits per heavy atom. The molecule has 24 heavy (non-hydrogen) atoms. The predicted octanol–water partition coefficient (Wildman–Crippen LogP) is 3.75. The summed E-state index contributed by atoms with van der Waals surface area (Å²) in [5.74, 6) is 0.899. The highest BCUT2D eigenvalue weighted by Gasteiger charge is 2.04. The van der Waals surface area contributed by atoms with Gasteiger partial charge in [0.15, 0.2) is 5.82 Å². The van der Waals surface area contributed by atoms with Crippen LogP contribution in [0.2, 0.25) is 5.02 Å². The Hall–Kier alpha value is -3.17. The number of anilines is 3. The van der Waals surface area contributed by atoms with Gasteiger partial charge in [-0.3, -0.25) is 0 Å². The third-order valence-corrected chi connectivity index (χ3v) is 3.48. The average Bonchev–Trinajstić information content (AvgIpc) is 2.62. The molecule has 0 amide bonds. The Morgan fingerprint density at radius 3 is 2.67 bits per heavy atom. The highest BCUT2D eigenvalue weighted by Crippen LogP contribution is 2.18. The number of aromatic nitrogens is 3. The summed E-state index contributed by atoms with van der Waals surface area (Å²) < 4.78 is 0. The van der Waals surface area contributed by atoms with Gasteiger partial charge in [0.1, 0.15) is 6.07 Å². The van der Waals surface area contributed by atoms with Crippen molar-refractivity contribution >= 4 is 29.1 Å². The molecular formula is C17H13ClN6. The van der Waals surface area contributed by atoms with Gasteiger partial charge in [0.2, 0.25) is 5.95 Å². The van der Waals surface area contributed by atoms with Crippen LogP contribution in [0.15, 0.2) is 54.7 Å². The fourth-order valence-electron chi connectivity index (χ4n) is 2.05. The number of para-hydroxylation sites is 1. The lowest BCUT2D eigenvalue weighted by molar-refractivity contribution is 0.949. The topological polar surface area (TPSA) is 86.5 Å². The lowest BCUT2D eigenvalue weighted by Crippen LogP contribution is -2.06. The van der Waals surface area contributed by atoms with E-state index in [-0.39, 0.29) is 0 Å². The molecule has 2 N–H and O–H groups in total. The number of rotatable bonds is 5. The molecule has 0 atom stereocenters. The normalized spacial score (nSPS) is 10.0. The van der Waals surface area contributed by atoms with Crippen molar-refractivity contribution in [3.8, 4) is 6.07 Å². The minimum atomic E-state index is 0.393. The van der Waals surface area contributed by atoms with E-state index in [4.69, 9.17) is 16.9 Å². The van der Waals surface area contributed by atoms with Crippen molar-refractivity contribution < 1.29 is 0 Å². The number of nitrogens with zero attached hydrogens (tertiary/aromatic N) is 4. The molecule has 1 aromatic heterocycles. The molecule has 2 aromatic carbocycles. The van der Waals surface area contributed by atoms with E-state index in [0.717, 1.165) is 5.56 Å². The molecule has 0 aliphatic rings. The van der Waals surface area contributed by atoms with E-state index in [1.54, 1.807) is 12.1 Å². The van der Waals surface area contributed by atoms with Gasteiger partial charge in [-0.05, 0) is 29.8 Å². The summed E-state index contributed by atoms with van der Waals surface area (Å²) in [7, 11) is 0. The Labute approximate surface area is 144 Å². The van der Waals surface area contributed by atoms with Gasteiger partial charge in [-0.1, -0.05) is 35.9 Å². The molecule has 7 heteroatoms. The first-order chi connectivity index (χ1) is 11.7. The molecule has 0 saturated carbocycles. The van der Waals surface area contributed by atoms with Gasteiger partial charge in [-0.25, -0.2) is 0 Å². The van der Waals surface area contributed by atoms with Gasteiger partial charge < -0.3 is 10.6 Å². The molecule has 3 rings (SSSR count). The predicted molar refractivity (Wildman–Crippen MR) is 93.0 cm³/mol. The number of nitriles is 1. The van der Waals surface area contributed by atoms with Crippen LogP contribution in [-0.4, -0.2) is 15.2 Å². The largest absolute Gasteiger partial charge is 0.349 e. The summed E-state index contributed by atoms with van der Waals surface area (Å²) in [6.07, 6.45) is 1.50. The third kappa shape index (κ3) is 3.97. The van der Waals surface area contributed by atoms with Crippen molar-refractivity contribution in [3.63, 3.8) is 0 Å². The van der Waals surface area contributed by atoms with E-state index < -0.39 is 0 Å². The molecule has 1 heterocycles. The van der Waals surface area contributed by atoms with Crippen LogP contribution >= 0.6 is 11.6 Å². The van der Waals surface area contributed by atoms with Crippen LogP contribution in [0.25, 0.3) is 0 Å². The molecule has 6 nitrogen and oxygen atoms in total. The highest BCUT2D eigenvalue weighted by atomic mass is 35.5. The number of nitrogens with one attached hydrogen (secondary N) is 2. The Balaban J connectivity index is 1.70. The first-order valence-corrected chi connectivity index (χ1v) is 7.56. The van der Waals surface area contributed by atoms with E-state index in [1.807, 2.05) is 36.4 Å². The van der Waals surface area contributed by atoms with Crippen molar-refractivity contribution in [3.05, 3.63) is 70.9 Å². The average molecular weight is 337 g/mol. The van der Waals surface area contributed by atoms with Crippen molar-refractivity contribution in [1.82, 2.24) is 15.2 Å². The summed E-state index contributed by atoms with van der Waals surface area (Å²) in [5, 5.41) is 23.9. The van der Waals surface area contributed by atoms with Crippen LogP contribution in [0.1, 0.15) is 11.1 Å². The number of halogens is 1. The minimum absolute atomic E-state index is 0.393. The monoisotopic (exact) mass is 336 g/mol. The zero-order valence-corrected chi connectivity index (χ0v) is 13.3. The molecule has 0 aliphatic carbocycles. The fourth-order valence-corrected chi connectivity index (χ4v) is 2.18. The van der Waals surface area contributed by atoms with Gasteiger partial charge in [0.05, 0.1) is 17.4 Å². The van der Waals surface area contributed by atoms with Crippen LogP contribution in [-0.2, 0) is 6.54 Å². The lowest BCUT2D eigenvalue weighted by Gasteiger charge is -2.08. The summed E-state index contributed by atoms with van der Waals surface area (Å²) in [6.45, 7) is 0.553. The second-order valence-electron chi connectivity index (χ2n) is 4.93. The summed E-state index contributed by atoms with van der Waals surface area (Å²) >= 11 is 5.87. The molecule has 0 radical (unpaired) electrons.